The van der Waals surface area contributed by atoms with Crippen molar-refractivity contribution in [2.24, 2.45) is 0 Å². The standard InChI is InChI=1S/C16H15NO2/c17-14-8-6-13(7-9-14)16-15(18-10-11-19-16)12-4-2-1-3-5-12/h1-9H,10-11,17H2. The topological polar surface area (TPSA) is 44.5 Å². The maximum absolute atomic E-state index is 5.78. The van der Waals surface area contributed by atoms with Crippen LogP contribution in [-0.4, -0.2) is 13.2 Å². The van der Waals surface area contributed by atoms with E-state index in [1.165, 1.54) is 0 Å². The highest BCUT2D eigenvalue weighted by atomic mass is 16.6. The van der Waals surface area contributed by atoms with Gasteiger partial charge in [-0.1, -0.05) is 30.3 Å². The lowest BCUT2D eigenvalue weighted by molar-refractivity contribution is 0.143. The van der Waals surface area contributed by atoms with Crippen LogP contribution in [0.15, 0.2) is 54.6 Å². The molecule has 0 spiro atoms. The Hall–Kier alpha value is -2.42. The normalized spacial score (nSPS) is 14.7. The Labute approximate surface area is 112 Å². The Morgan fingerprint density at radius 3 is 1.79 bits per heavy atom. The van der Waals surface area contributed by atoms with E-state index in [4.69, 9.17) is 15.2 Å². The van der Waals surface area contributed by atoms with Crippen LogP contribution in [0.5, 0.6) is 0 Å². The lowest BCUT2D eigenvalue weighted by atomic mass is 10.1. The first-order valence-corrected chi connectivity index (χ1v) is 6.26. The molecular formula is C16H15NO2. The second kappa shape index (κ2) is 5.06. The number of anilines is 1. The molecule has 0 aliphatic carbocycles. The maximum atomic E-state index is 5.78. The highest BCUT2D eigenvalue weighted by Gasteiger charge is 2.18. The van der Waals surface area contributed by atoms with Gasteiger partial charge >= 0.3 is 0 Å². The SMILES string of the molecule is Nc1ccc(C2=C(c3ccccc3)OCCO2)cc1. The second-order valence-electron chi connectivity index (χ2n) is 4.34. The van der Waals surface area contributed by atoms with E-state index in [1.807, 2.05) is 54.6 Å². The van der Waals surface area contributed by atoms with Crippen molar-refractivity contribution in [2.45, 2.75) is 0 Å². The number of nitrogen functional groups attached to an aromatic ring is 1. The van der Waals surface area contributed by atoms with Gasteiger partial charge < -0.3 is 15.2 Å². The van der Waals surface area contributed by atoms with Crippen molar-refractivity contribution in [3.05, 3.63) is 65.7 Å². The van der Waals surface area contributed by atoms with Gasteiger partial charge in [0.05, 0.1) is 0 Å². The van der Waals surface area contributed by atoms with E-state index in [1.54, 1.807) is 0 Å². The van der Waals surface area contributed by atoms with Gasteiger partial charge in [-0.15, -0.1) is 0 Å². The number of nitrogens with two attached hydrogens (primary N) is 1. The summed E-state index contributed by atoms with van der Waals surface area (Å²) >= 11 is 0. The van der Waals surface area contributed by atoms with Crippen molar-refractivity contribution in [3.63, 3.8) is 0 Å². The van der Waals surface area contributed by atoms with Crippen LogP contribution in [0.25, 0.3) is 11.5 Å². The lowest BCUT2D eigenvalue weighted by Crippen LogP contribution is -2.12. The summed E-state index contributed by atoms with van der Waals surface area (Å²) in [5.41, 5.74) is 8.45. The molecule has 3 heteroatoms. The van der Waals surface area contributed by atoms with Crippen molar-refractivity contribution >= 4 is 17.2 Å². The zero-order valence-electron chi connectivity index (χ0n) is 10.5. The van der Waals surface area contributed by atoms with Gasteiger partial charge in [0.15, 0.2) is 11.5 Å². The van der Waals surface area contributed by atoms with E-state index in [2.05, 4.69) is 0 Å². The van der Waals surface area contributed by atoms with E-state index in [0.29, 0.717) is 13.2 Å². The molecule has 0 unspecified atom stereocenters. The van der Waals surface area contributed by atoms with Crippen LogP contribution in [-0.2, 0) is 9.47 Å². The summed E-state index contributed by atoms with van der Waals surface area (Å²) in [5.74, 6) is 1.56. The first-order valence-electron chi connectivity index (χ1n) is 6.26. The van der Waals surface area contributed by atoms with Gasteiger partial charge in [-0.2, -0.15) is 0 Å². The average Bonchev–Trinajstić information content (AvgIpc) is 2.49. The smallest absolute Gasteiger partial charge is 0.169 e. The average molecular weight is 253 g/mol. The maximum Gasteiger partial charge on any atom is 0.169 e. The van der Waals surface area contributed by atoms with Crippen molar-refractivity contribution in [2.75, 3.05) is 18.9 Å². The van der Waals surface area contributed by atoms with Gasteiger partial charge in [0, 0.05) is 16.8 Å². The molecule has 3 rings (SSSR count). The van der Waals surface area contributed by atoms with Crippen LogP contribution >= 0.6 is 0 Å². The first-order chi connectivity index (χ1) is 9.34. The minimum Gasteiger partial charge on any atom is -0.485 e. The third-order valence-electron chi connectivity index (χ3n) is 2.99. The molecular weight excluding hydrogens is 238 g/mol. The number of hydrogen-bond donors (Lipinski definition) is 1. The van der Waals surface area contributed by atoms with Crippen LogP contribution in [0, 0.1) is 0 Å². The van der Waals surface area contributed by atoms with Crippen LogP contribution in [0.4, 0.5) is 5.69 Å². The molecule has 3 nitrogen and oxygen atoms in total. The van der Waals surface area contributed by atoms with Crippen molar-refractivity contribution in [3.8, 4) is 0 Å². The summed E-state index contributed by atoms with van der Waals surface area (Å²) in [6, 6.07) is 17.6. The molecule has 0 aromatic heterocycles. The van der Waals surface area contributed by atoms with Gasteiger partial charge in [-0.05, 0) is 24.3 Å². The van der Waals surface area contributed by atoms with Crippen LogP contribution in [0.1, 0.15) is 11.1 Å². The lowest BCUT2D eigenvalue weighted by Gasteiger charge is -2.22. The summed E-state index contributed by atoms with van der Waals surface area (Å²) in [7, 11) is 0. The molecule has 1 aliphatic rings. The molecule has 1 heterocycles. The molecule has 19 heavy (non-hydrogen) atoms. The van der Waals surface area contributed by atoms with E-state index in [9.17, 15) is 0 Å². The molecule has 96 valence electrons. The summed E-state index contributed by atoms with van der Waals surface area (Å²) in [5, 5.41) is 0. The van der Waals surface area contributed by atoms with Gasteiger partial charge in [0.25, 0.3) is 0 Å². The number of benzene rings is 2. The summed E-state index contributed by atoms with van der Waals surface area (Å²) in [4.78, 5) is 0. The molecule has 2 N–H and O–H groups in total. The van der Waals surface area contributed by atoms with Crippen molar-refractivity contribution < 1.29 is 9.47 Å². The van der Waals surface area contributed by atoms with Gasteiger partial charge in [0.1, 0.15) is 13.2 Å². The fraction of sp³-hybridized carbons (Fsp3) is 0.125. The molecule has 0 fully saturated rings. The number of ether oxygens (including phenoxy) is 2. The fourth-order valence-electron chi connectivity index (χ4n) is 2.07. The monoisotopic (exact) mass is 253 g/mol. The number of hydrogen-bond acceptors (Lipinski definition) is 3. The molecule has 1 aliphatic heterocycles. The zero-order valence-corrected chi connectivity index (χ0v) is 10.5. The summed E-state index contributed by atoms with van der Waals surface area (Å²) in [6.45, 7) is 1.14. The quantitative estimate of drug-likeness (QED) is 0.836. The molecule has 0 radical (unpaired) electrons. The molecule has 0 bridgehead atoms. The molecule has 0 saturated heterocycles. The summed E-state index contributed by atoms with van der Waals surface area (Å²) < 4.78 is 11.6. The number of rotatable bonds is 2. The highest BCUT2D eigenvalue weighted by Crippen LogP contribution is 2.31. The summed E-state index contributed by atoms with van der Waals surface area (Å²) in [6.07, 6.45) is 0. The Morgan fingerprint density at radius 2 is 1.21 bits per heavy atom. The Balaban J connectivity index is 2.08. The van der Waals surface area contributed by atoms with Crippen LogP contribution < -0.4 is 5.73 Å². The second-order valence-corrected chi connectivity index (χ2v) is 4.34. The van der Waals surface area contributed by atoms with Crippen molar-refractivity contribution in [1.29, 1.82) is 0 Å². The Bertz CT molecular complexity index is 588. The highest BCUT2D eigenvalue weighted by molar-refractivity contribution is 5.84. The van der Waals surface area contributed by atoms with Crippen LogP contribution in [0.2, 0.25) is 0 Å². The predicted octanol–water partition coefficient (Wildman–Crippen LogP) is 3.14. The molecule has 0 amide bonds. The van der Waals surface area contributed by atoms with Gasteiger partial charge in [-0.3, -0.25) is 0 Å². The molecule has 0 saturated carbocycles. The molecule has 2 aromatic carbocycles. The largest absolute Gasteiger partial charge is 0.485 e. The Kier molecular flexibility index (Phi) is 3.11. The Morgan fingerprint density at radius 1 is 0.684 bits per heavy atom. The van der Waals surface area contributed by atoms with Gasteiger partial charge in [-0.25, -0.2) is 0 Å². The van der Waals surface area contributed by atoms with Crippen molar-refractivity contribution in [1.82, 2.24) is 0 Å². The zero-order chi connectivity index (χ0) is 13.1. The first kappa shape index (κ1) is 11.7. The predicted molar refractivity (Wildman–Crippen MR) is 76.0 cm³/mol. The third-order valence-corrected chi connectivity index (χ3v) is 2.99. The molecule has 0 atom stereocenters. The van der Waals surface area contributed by atoms with Gasteiger partial charge in [0.2, 0.25) is 0 Å². The van der Waals surface area contributed by atoms with E-state index in [-0.39, 0.29) is 0 Å². The minimum absolute atomic E-state index is 0.566. The third kappa shape index (κ3) is 2.40. The molecule has 2 aromatic rings. The van der Waals surface area contributed by atoms with E-state index >= 15 is 0 Å². The van der Waals surface area contributed by atoms with E-state index < -0.39 is 0 Å². The minimum atomic E-state index is 0.566. The van der Waals surface area contributed by atoms with Crippen LogP contribution in [0.3, 0.4) is 0 Å². The van der Waals surface area contributed by atoms with E-state index in [0.717, 1.165) is 28.3 Å². The fourth-order valence-corrected chi connectivity index (χ4v) is 2.07.